The van der Waals surface area contributed by atoms with Crippen molar-refractivity contribution in [2.24, 2.45) is 0 Å². The molecule has 1 N–H and O–H groups in total. The van der Waals surface area contributed by atoms with Crippen LogP contribution in [0, 0.1) is 11.6 Å². The molecule has 1 amide bonds. The molecule has 0 fully saturated rings. The van der Waals surface area contributed by atoms with Gasteiger partial charge in [-0.05, 0) is 37.3 Å². The lowest BCUT2D eigenvalue weighted by Gasteiger charge is -2.13. The predicted molar refractivity (Wildman–Crippen MR) is 84.4 cm³/mol. The van der Waals surface area contributed by atoms with E-state index in [1.807, 2.05) is 0 Å². The van der Waals surface area contributed by atoms with E-state index < -0.39 is 11.1 Å². The van der Waals surface area contributed by atoms with Crippen LogP contribution in [-0.4, -0.2) is 11.2 Å². The van der Waals surface area contributed by atoms with Crippen molar-refractivity contribution in [2.75, 3.05) is 5.32 Å². The maximum atomic E-state index is 13.7. The molecule has 0 aliphatic carbocycles. The van der Waals surface area contributed by atoms with Gasteiger partial charge in [0.1, 0.15) is 11.6 Å². The third-order valence-corrected chi connectivity index (χ3v) is 4.34. The first-order valence-corrected chi connectivity index (χ1v) is 7.81. The van der Waals surface area contributed by atoms with Gasteiger partial charge in [0.15, 0.2) is 0 Å². The number of hydrogen-bond acceptors (Lipinski definition) is 2. The molecule has 0 aliphatic rings. The number of benzene rings is 2. The quantitative estimate of drug-likeness (QED) is 0.778. The molecule has 110 valence electrons. The summed E-state index contributed by atoms with van der Waals surface area (Å²) < 4.78 is 27.8. The third-order valence-electron chi connectivity index (χ3n) is 2.70. The minimum absolute atomic E-state index is 0.101. The Balaban J connectivity index is 2.04. The van der Waals surface area contributed by atoms with Crippen LogP contribution in [0.4, 0.5) is 14.5 Å². The number of halogens is 3. The van der Waals surface area contributed by atoms with Crippen molar-refractivity contribution in [1.82, 2.24) is 0 Å². The summed E-state index contributed by atoms with van der Waals surface area (Å²) in [7, 11) is 0. The van der Waals surface area contributed by atoms with Crippen LogP contribution in [0.25, 0.3) is 0 Å². The number of nitrogens with one attached hydrogen (secondary N) is 1. The highest BCUT2D eigenvalue weighted by molar-refractivity contribution is 9.10. The Bertz CT molecular complexity index is 666. The normalized spacial score (nSPS) is 12.0. The van der Waals surface area contributed by atoms with Gasteiger partial charge in [0.25, 0.3) is 0 Å². The molecular weight excluding hydrogens is 360 g/mol. The van der Waals surface area contributed by atoms with Gasteiger partial charge in [-0.25, -0.2) is 8.78 Å². The van der Waals surface area contributed by atoms with Gasteiger partial charge < -0.3 is 5.32 Å². The molecular formula is C15H12BrF2NOS. The molecule has 2 nitrogen and oxygen atoms in total. The Morgan fingerprint density at radius 3 is 2.57 bits per heavy atom. The van der Waals surface area contributed by atoms with Crippen LogP contribution in [0.1, 0.15) is 6.92 Å². The molecule has 0 aromatic heterocycles. The summed E-state index contributed by atoms with van der Waals surface area (Å²) in [6, 6.07) is 10.6. The molecule has 0 spiro atoms. The van der Waals surface area contributed by atoms with E-state index in [-0.39, 0.29) is 17.4 Å². The molecule has 1 atom stereocenters. The van der Waals surface area contributed by atoms with Crippen molar-refractivity contribution in [3.8, 4) is 0 Å². The van der Waals surface area contributed by atoms with Crippen LogP contribution in [0.15, 0.2) is 51.8 Å². The van der Waals surface area contributed by atoms with Gasteiger partial charge in [-0.1, -0.05) is 28.1 Å². The second-order valence-corrected chi connectivity index (χ2v) is 6.60. The van der Waals surface area contributed by atoms with Crippen LogP contribution >= 0.6 is 27.7 Å². The molecule has 2 aromatic rings. The van der Waals surface area contributed by atoms with E-state index >= 15 is 0 Å². The van der Waals surface area contributed by atoms with Crippen LogP contribution in [0.2, 0.25) is 0 Å². The Morgan fingerprint density at radius 2 is 1.90 bits per heavy atom. The molecule has 2 aromatic carbocycles. The number of carbonyl (C=O) groups excluding carboxylic acids is 1. The average Bonchev–Trinajstić information content (AvgIpc) is 2.44. The van der Waals surface area contributed by atoms with E-state index in [4.69, 9.17) is 0 Å². The second-order valence-electron chi connectivity index (χ2n) is 4.30. The zero-order chi connectivity index (χ0) is 15.4. The summed E-state index contributed by atoms with van der Waals surface area (Å²) in [5.74, 6) is -1.29. The lowest BCUT2D eigenvalue weighted by Crippen LogP contribution is -2.23. The lowest BCUT2D eigenvalue weighted by atomic mass is 10.3. The standard InChI is InChI=1S/C15H12BrF2NOS/c1-9(21-14-5-3-2-4-11(14)17)15(20)19-13-7-6-10(16)8-12(13)18/h2-9H,1H3,(H,19,20)/t9-/m1/s1. The van der Waals surface area contributed by atoms with Crippen LogP contribution in [-0.2, 0) is 4.79 Å². The van der Waals surface area contributed by atoms with Crippen molar-refractivity contribution >= 4 is 39.3 Å². The minimum atomic E-state index is -0.551. The first-order chi connectivity index (χ1) is 9.97. The van der Waals surface area contributed by atoms with Gasteiger partial charge in [0.2, 0.25) is 5.91 Å². The first-order valence-electron chi connectivity index (χ1n) is 6.14. The fourth-order valence-corrected chi connectivity index (χ4v) is 2.83. The van der Waals surface area contributed by atoms with Crippen LogP contribution < -0.4 is 5.32 Å². The zero-order valence-corrected chi connectivity index (χ0v) is 13.5. The summed E-state index contributed by atoms with van der Waals surface area (Å²) in [5.41, 5.74) is 0.101. The van der Waals surface area contributed by atoms with Crippen molar-refractivity contribution in [3.05, 3.63) is 58.6 Å². The highest BCUT2D eigenvalue weighted by Gasteiger charge is 2.17. The summed E-state index contributed by atoms with van der Waals surface area (Å²) >= 11 is 4.23. The zero-order valence-electron chi connectivity index (χ0n) is 11.1. The summed E-state index contributed by atoms with van der Waals surface area (Å²) in [5, 5.41) is 1.95. The number of thioether (sulfide) groups is 1. The molecule has 2 rings (SSSR count). The Labute approximate surface area is 134 Å². The van der Waals surface area contributed by atoms with Gasteiger partial charge in [0, 0.05) is 9.37 Å². The van der Waals surface area contributed by atoms with Gasteiger partial charge in [-0.15, -0.1) is 11.8 Å². The number of anilines is 1. The molecule has 0 saturated carbocycles. The maximum Gasteiger partial charge on any atom is 0.237 e. The number of carbonyl (C=O) groups is 1. The van der Waals surface area contributed by atoms with E-state index in [2.05, 4.69) is 21.2 Å². The molecule has 0 aliphatic heterocycles. The highest BCUT2D eigenvalue weighted by Crippen LogP contribution is 2.27. The van der Waals surface area contributed by atoms with E-state index in [1.165, 1.54) is 18.2 Å². The monoisotopic (exact) mass is 371 g/mol. The summed E-state index contributed by atoms with van der Waals surface area (Å²) in [6.07, 6.45) is 0. The topological polar surface area (TPSA) is 29.1 Å². The Morgan fingerprint density at radius 1 is 1.19 bits per heavy atom. The lowest BCUT2D eigenvalue weighted by molar-refractivity contribution is -0.115. The van der Waals surface area contributed by atoms with Crippen molar-refractivity contribution in [1.29, 1.82) is 0 Å². The molecule has 6 heteroatoms. The predicted octanol–water partition coefficient (Wildman–Crippen LogP) is 4.85. The fraction of sp³-hybridized carbons (Fsp3) is 0.133. The van der Waals surface area contributed by atoms with E-state index in [0.29, 0.717) is 9.37 Å². The number of amides is 1. The van der Waals surface area contributed by atoms with Crippen LogP contribution in [0.3, 0.4) is 0 Å². The smallest absolute Gasteiger partial charge is 0.237 e. The molecule has 0 radical (unpaired) electrons. The van der Waals surface area contributed by atoms with Gasteiger partial charge >= 0.3 is 0 Å². The summed E-state index contributed by atoms with van der Waals surface area (Å²) in [6.45, 7) is 1.64. The Kier molecular flexibility index (Phi) is 5.36. The van der Waals surface area contributed by atoms with Crippen molar-refractivity contribution in [2.45, 2.75) is 17.1 Å². The van der Waals surface area contributed by atoms with Gasteiger partial charge in [0.05, 0.1) is 10.9 Å². The van der Waals surface area contributed by atoms with Gasteiger partial charge in [-0.2, -0.15) is 0 Å². The largest absolute Gasteiger partial charge is 0.323 e. The third kappa shape index (κ3) is 4.28. The number of rotatable bonds is 4. The average molecular weight is 372 g/mol. The Hall–Kier alpha value is -1.40. The highest BCUT2D eigenvalue weighted by atomic mass is 79.9. The summed E-state index contributed by atoms with van der Waals surface area (Å²) in [4.78, 5) is 12.4. The second kappa shape index (κ2) is 7.04. The SMILES string of the molecule is C[C@@H](Sc1ccccc1F)C(=O)Nc1ccc(Br)cc1F. The molecule has 0 unspecified atom stereocenters. The fourth-order valence-electron chi connectivity index (χ4n) is 1.61. The van der Waals surface area contributed by atoms with E-state index in [0.717, 1.165) is 11.8 Å². The molecule has 0 saturated heterocycles. The van der Waals surface area contributed by atoms with Crippen molar-refractivity contribution < 1.29 is 13.6 Å². The van der Waals surface area contributed by atoms with Crippen molar-refractivity contribution in [3.63, 3.8) is 0 Å². The maximum absolute atomic E-state index is 13.7. The number of hydrogen-bond donors (Lipinski definition) is 1. The van der Waals surface area contributed by atoms with Gasteiger partial charge in [-0.3, -0.25) is 4.79 Å². The van der Waals surface area contributed by atoms with E-state index in [9.17, 15) is 13.6 Å². The first kappa shape index (κ1) is 16.0. The molecule has 21 heavy (non-hydrogen) atoms. The minimum Gasteiger partial charge on any atom is -0.323 e. The molecule has 0 heterocycles. The molecule has 0 bridgehead atoms. The van der Waals surface area contributed by atoms with Crippen LogP contribution in [0.5, 0.6) is 0 Å². The van der Waals surface area contributed by atoms with E-state index in [1.54, 1.807) is 31.2 Å².